The Hall–Kier alpha value is -1.06. The van der Waals surface area contributed by atoms with E-state index in [9.17, 15) is 0 Å². The molecule has 0 fully saturated rings. The fourth-order valence-corrected chi connectivity index (χ4v) is 1.90. The maximum absolute atomic E-state index is 5.58. The predicted octanol–water partition coefficient (Wildman–Crippen LogP) is 3.38. The monoisotopic (exact) mass is 240 g/mol. The van der Waals surface area contributed by atoms with Crippen molar-refractivity contribution in [2.24, 2.45) is 0 Å². The van der Waals surface area contributed by atoms with Gasteiger partial charge in [-0.3, -0.25) is 0 Å². The normalized spacial score (nSPS) is 9.67. The van der Waals surface area contributed by atoms with E-state index in [0.29, 0.717) is 5.13 Å². The smallest absolute Gasteiger partial charge is 0.180 e. The Labute approximate surface area is 99.6 Å². The molecule has 2 aromatic rings. The molecule has 80 valence electrons. The average molecular weight is 241 g/mol. The number of hydrogen-bond acceptors (Lipinski definition) is 3. The molecule has 0 radical (unpaired) electrons. The summed E-state index contributed by atoms with van der Waals surface area (Å²) in [6, 6.07) is 8.44. The van der Waals surface area contributed by atoms with Crippen LogP contribution >= 0.6 is 23.7 Å². The van der Waals surface area contributed by atoms with Crippen LogP contribution in [0.5, 0.6) is 0 Å². The minimum absolute atomic E-state index is 0. The topological polar surface area (TPSA) is 38.9 Å². The van der Waals surface area contributed by atoms with Crippen molar-refractivity contribution in [3.05, 3.63) is 35.2 Å². The zero-order valence-corrected chi connectivity index (χ0v) is 10.1. The SMILES string of the molecule is CCc1ccc(-c2csc(N)n2)cc1.Cl. The van der Waals surface area contributed by atoms with Crippen molar-refractivity contribution < 1.29 is 0 Å². The second-order valence-corrected chi connectivity index (χ2v) is 4.01. The van der Waals surface area contributed by atoms with Gasteiger partial charge in [-0.2, -0.15) is 0 Å². The number of aryl methyl sites for hydroxylation is 1. The van der Waals surface area contributed by atoms with Gasteiger partial charge in [0.05, 0.1) is 5.69 Å². The number of rotatable bonds is 2. The van der Waals surface area contributed by atoms with Gasteiger partial charge in [0.25, 0.3) is 0 Å². The van der Waals surface area contributed by atoms with Crippen LogP contribution in [0.15, 0.2) is 29.6 Å². The summed E-state index contributed by atoms with van der Waals surface area (Å²) < 4.78 is 0. The van der Waals surface area contributed by atoms with Crippen molar-refractivity contribution >= 4 is 28.9 Å². The molecule has 0 atom stereocenters. The van der Waals surface area contributed by atoms with Gasteiger partial charge >= 0.3 is 0 Å². The first-order valence-electron chi connectivity index (χ1n) is 4.60. The van der Waals surface area contributed by atoms with Gasteiger partial charge in [-0.15, -0.1) is 23.7 Å². The number of nitrogen functional groups attached to an aromatic ring is 1. The highest BCUT2D eigenvalue weighted by Crippen LogP contribution is 2.23. The number of thiazole rings is 1. The third-order valence-electron chi connectivity index (χ3n) is 2.18. The first-order valence-corrected chi connectivity index (χ1v) is 5.48. The molecule has 0 unspecified atom stereocenters. The Bertz CT molecular complexity index is 422. The Morgan fingerprint density at radius 2 is 1.93 bits per heavy atom. The number of nitrogens with zero attached hydrogens (tertiary/aromatic N) is 1. The second-order valence-electron chi connectivity index (χ2n) is 3.12. The average Bonchev–Trinajstić information content (AvgIpc) is 2.65. The lowest BCUT2D eigenvalue weighted by atomic mass is 10.1. The van der Waals surface area contributed by atoms with Crippen LogP contribution in [-0.2, 0) is 6.42 Å². The molecule has 0 saturated carbocycles. The van der Waals surface area contributed by atoms with E-state index in [2.05, 4.69) is 36.2 Å². The molecule has 2 N–H and O–H groups in total. The van der Waals surface area contributed by atoms with E-state index in [4.69, 9.17) is 5.73 Å². The van der Waals surface area contributed by atoms with Gasteiger partial charge in [-0.1, -0.05) is 31.2 Å². The Morgan fingerprint density at radius 3 is 2.40 bits per heavy atom. The highest BCUT2D eigenvalue weighted by Gasteiger charge is 2.01. The summed E-state index contributed by atoms with van der Waals surface area (Å²) in [5.74, 6) is 0. The molecule has 0 bridgehead atoms. The van der Waals surface area contributed by atoms with Gasteiger partial charge < -0.3 is 5.73 Å². The van der Waals surface area contributed by atoms with Crippen molar-refractivity contribution in [3.8, 4) is 11.3 Å². The van der Waals surface area contributed by atoms with Crippen LogP contribution in [0.4, 0.5) is 5.13 Å². The number of anilines is 1. The summed E-state index contributed by atoms with van der Waals surface area (Å²) in [5, 5.41) is 2.61. The zero-order chi connectivity index (χ0) is 9.97. The third-order valence-corrected chi connectivity index (χ3v) is 2.85. The Balaban J connectivity index is 0.00000112. The minimum atomic E-state index is 0. The molecule has 2 nitrogen and oxygen atoms in total. The van der Waals surface area contributed by atoms with Crippen LogP contribution in [0.2, 0.25) is 0 Å². The molecular formula is C11H13ClN2S. The highest BCUT2D eigenvalue weighted by atomic mass is 35.5. The van der Waals surface area contributed by atoms with E-state index >= 15 is 0 Å². The van der Waals surface area contributed by atoms with Gasteiger partial charge in [0, 0.05) is 10.9 Å². The van der Waals surface area contributed by atoms with Crippen molar-refractivity contribution in [1.29, 1.82) is 0 Å². The molecule has 2 rings (SSSR count). The van der Waals surface area contributed by atoms with Gasteiger partial charge in [0.15, 0.2) is 5.13 Å². The van der Waals surface area contributed by atoms with Crippen molar-refractivity contribution in [2.75, 3.05) is 5.73 Å². The molecule has 1 aromatic heterocycles. The summed E-state index contributed by atoms with van der Waals surface area (Å²) >= 11 is 1.48. The van der Waals surface area contributed by atoms with E-state index in [1.165, 1.54) is 16.9 Å². The van der Waals surface area contributed by atoms with Crippen molar-refractivity contribution in [3.63, 3.8) is 0 Å². The third kappa shape index (κ3) is 2.70. The summed E-state index contributed by atoms with van der Waals surface area (Å²) in [4.78, 5) is 4.23. The molecule has 0 aliphatic heterocycles. The number of benzene rings is 1. The summed E-state index contributed by atoms with van der Waals surface area (Å²) in [6.07, 6.45) is 1.07. The zero-order valence-electron chi connectivity index (χ0n) is 8.43. The summed E-state index contributed by atoms with van der Waals surface area (Å²) in [6.45, 7) is 2.15. The fourth-order valence-electron chi connectivity index (χ4n) is 1.33. The molecule has 0 amide bonds. The Kier molecular flexibility index (Phi) is 4.12. The number of nitrogens with two attached hydrogens (primary N) is 1. The molecule has 0 spiro atoms. The quantitative estimate of drug-likeness (QED) is 0.874. The maximum atomic E-state index is 5.58. The van der Waals surface area contributed by atoms with Crippen molar-refractivity contribution in [1.82, 2.24) is 4.98 Å². The van der Waals surface area contributed by atoms with E-state index in [0.717, 1.165) is 17.7 Å². The standard InChI is InChI=1S/C11H12N2S.ClH/c1-2-8-3-5-9(6-4-8)10-7-14-11(12)13-10;/h3-7H,2H2,1H3,(H2,12,13);1H. The molecule has 15 heavy (non-hydrogen) atoms. The largest absolute Gasteiger partial charge is 0.375 e. The second kappa shape index (κ2) is 5.14. The highest BCUT2D eigenvalue weighted by molar-refractivity contribution is 7.13. The lowest BCUT2D eigenvalue weighted by Gasteiger charge is -1.98. The molecule has 1 aromatic carbocycles. The maximum Gasteiger partial charge on any atom is 0.180 e. The molecule has 0 aliphatic carbocycles. The Morgan fingerprint density at radius 1 is 1.27 bits per heavy atom. The van der Waals surface area contributed by atoms with Gasteiger partial charge in [0.2, 0.25) is 0 Å². The molecule has 4 heteroatoms. The van der Waals surface area contributed by atoms with E-state index in [-0.39, 0.29) is 12.4 Å². The van der Waals surface area contributed by atoms with Crippen molar-refractivity contribution in [2.45, 2.75) is 13.3 Å². The van der Waals surface area contributed by atoms with Gasteiger partial charge in [0.1, 0.15) is 0 Å². The minimum Gasteiger partial charge on any atom is -0.375 e. The lowest BCUT2D eigenvalue weighted by Crippen LogP contribution is -1.84. The first-order chi connectivity index (χ1) is 6.79. The predicted molar refractivity (Wildman–Crippen MR) is 68.6 cm³/mol. The van der Waals surface area contributed by atoms with E-state index < -0.39 is 0 Å². The van der Waals surface area contributed by atoms with Crippen LogP contribution in [0, 0.1) is 0 Å². The van der Waals surface area contributed by atoms with Gasteiger partial charge in [-0.05, 0) is 12.0 Å². The molecular weight excluding hydrogens is 228 g/mol. The van der Waals surface area contributed by atoms with E-state index in [1.807, 2.05) is 5.38 Å². The number of hydrogen-bond donors (Lipinski definition) is 1. The van der Waals surface area contributed by atoms with Crippen LogP contribution in [-0.4, -0.2) is 4.98 Å². The molecule has 0 saturated heterocycles. The fraction of sp³-hybridized carbons (Fsp3) is 0.182. The molecule has 0 aliphatic rings. The summed E-state index contributed by atoms with van der Waals surface area (Å²) in [7, 11) is 0. The lowest BCUT2D eigenvalue weighted by molar-refractivity contribution is 1.14. The van der Waals surface area contributed by atoms with Crippen LogP contribution in [0.3, 0.4) is 0 Å². The summed E-state index contributed by atoms with van der Waals surface area (Å²) in [5.41, 5.74) is 9.03. The number of halogens is 1. The van der Waals surface area contributed by atoms with Crippen LogP contribution in [0.25, 0.3) is 11.3 Å². The van der Waals surface area contributed by atoms with Crippen LogP contribution in [0.1, 0.15) is 12.5 Å². The molecule has 1 heterocycles. The van der Waals surface area contributed by atoms with Crippen LogP contribution < -0.4 is 5.73 Å². The number of aromatic nitrogens is 1. The first kappa shape index (κ1) is 12.0. The van der Waals surface area contributed by atoms with E-state index in [1.54, 1.807) is 0 Å². The van der Waals surface area contributed by atoms with Gasteiger partial charge in [-0.25, -0.2) is 4.98 Å².